The number of rotatable bonds is 1. The molecule has 1 aliphatic heterocycles. The molecule has 1 saturated heterocycles. The van der Waals surface area contributed by atoms with Crippen molar-refractivity contribution in [3.8, 4) is 0 Å². The zero-order valence-corrected chi connectivity index (χ0v) is 9.68. The fraction of sp³-hybridized carbons (Fsp3) is 0.538. The van der Waals surface area contributed by atoms with Gasteiger partial charge >= 0.3 is 0 Å². The van der Waals surface area contributed by atoms with Crippen LogP contribution >= 0.6 is 0 Å². The molecule has 2 rings (SSSR count). The van der Waals surface area contributed by atoms with Crippen molar-refractivity contribution in [2.24, 2.45) is 5.92 Å². The van der Waals surface area contributed by atoms with Crippen LogP contribution in [0.1, 0.15) is 25.6 Å². The Kier molecular flexibility index (Phi) is 3.08. The summed E-state index contributed by atoms with van der Waals surface area (Å²) in [7, 11) is 2.13. The van der Waals surface area contributed by atoms with Gasteiger partial charge in [-0.05, 0) is 25.5 Å². The normalized spacial score (nSPS) is 32.9. The van der Waals surface area contributed by atoms with E-state index in [0.717, 1.165) is 6.54 Å². The molecule has 0 aromatic heterocycles. The average Bonchev–Trinajstić information content (AvgIpc) is 2.25. The van der Waals surface area contributed by atoms with Crippen molar-refractivity contribution in [3.05, 3.63) is 35.9 Å². The molecule has 2 nitrogen and oxygen atoms in total. The SMILES string of the molecule is C[C@H]1CN(C)[C@H](c2ccccc2)O[C@@H]1C. The van der Waals surface area contributed by atoms with Crippen LogP contribution < -0.4 is 0 Å². The lowest BCUT2D eigenvalue weighted by molar-refractivity contribution is -0.150. The summed E-state index contributed by atoms with van der Waals surface area (Å²) >= 11 is 0. The first-order chi connectivity index (χ1) is 7.18. The van der Waals surface area contributed by atoms with Crippen LogP contribution in [0.3, 0.4) is 0 Å². The van der Waals surface area contributed by atoms with E-state index in [-0.39, 0.29) is 6.23 Å². The van der Waals surface area contributed by atoms with Gasteiger partial charge in [-0.3, -0.25) is 4.90 Å². The first-order valence-electron chi connectivity index (χ1n) is 5.59. The molecule has 0 N–H and O–H groups in total. The number of hydrogen-bond acceptors (Lipinski definition) is 2. The summed E-state index contributed by atoms with van der Waals surface area (Å²) < 4.78 is 6.02. The van der Waals surface area contributed by atoms with E-state index in [0.29, 0.717) is 12.0 Å². The standard InChI is InChI=1S/C13H19NO/c1-10-9-14(3)13(15-11(10)2)12-7-5-4-6-8-12/h4-8,10-11,13H,9H2,1-3H3/t10-,11+,13-/m0/s1. The molecule has 0 radical (unpaired) electrons. The molecule has 82 valence electrons. The smallest absolute Gasteiger partial charge is 0.136 e. The number of ether oxygens (including phenoxy) is 1. The predicted octanol–water partition coefficient (Wildman–Crippen LogP) is 2.67. The van der Waals surface area contributed by atoms with Gasteiger partial charge < -0.3 is 4.74 Å². The van der Waals surface area contributed by atoms with Gasteiger partial charge in [0.1, 0.15) is 6.23 Å². The van der Waals surface area contributed by atoms with Crippen LogP contribution in [0.4, 0.5) is 0 Å². The molecule has 0 amide bonds. The molecule has 1 aromatic rings. The molecular formula is C13H19NO. The fourth-order valence-corrected chi connectivity index (χ4v) is 2.09. The van der Waals surface area contributed by atoms with Crippen molar-refractivity contribution in [2.75, 3.05) is 13.6 Å². The van der Waals surface area contributed by atoms with Gasteiger partial charge in [0.2, 0.25) is 0 Å². The fourth-order valence-electron chi connectivity index (χ4n) is 2.09. The van der Waals surface area contributed by atoms with Gasteiger partial charge in [-0.2, -0.15) is 0 Å². The summed E-state index contributed by atoms with van der Waals surface area (Å²) in [5.41, 5.74) is 1.25. The summed E-state index contributed by atoms with van der Waals surface area (Å²) in [4.78, 5) is 2.28. The van der Waals surface area contributed by atoms with E-state index in [2.05, 4.69) is 50.1 Å². The summed E-state index contributed by atoms with van der Waals surface area (Å²) in [5, 5.41) is 0. The molecule has 1 aromatic carbocycles. The monoisotopic (exact) mass is 205 g/mol. The first kappa shape index (κ1) is 10.7. The number of benzene rings is 1. The van der Waals surface area contributed by atoms with Crippen LogP contribution in [-0.4, -0.2) is 24.6 Å². The Hall–Kier alpha value is -0.860. The third-order valence-corrected chi connectivity index (χ3v) is 3.21. The van der Waals surface area contributed by atoms with Gasteiger partial charge in [-0.25, -0.2) is 0 Å². The number of hydrogen-bond donors (Lipinski definition) is 0. The molecule has 1 heterocycles. The summed E-state index contributed by atoms with van der Waals surface area (Å²) in [6.45, 7) is 5.50. The minimum Gasteiger partial charge on any atom is -0.356 e. The Morgan fingerprint density at radius 3 is 2.53 bits per heavy atom. The molecule has 1 aliphatic rings. The van der Waals surface area contributed by atoms with E-state index in [1.807, 2.05) is 6.07 Å². The summed E-state index contributed by atoms with van der Waals surface area (Å²) in [6.07, 6.45) is 0.462. The zero-order valence-electron chi connectivity index (χ0n) is 9.68. The van der Waals surface area contributed by atoms with Crippen molar-refractivity contribution in [1.82, 2.24) is 4.90 Å². The Morgan fingerprint density at radius 2 is 1.87 bits per heavy atom. The molecule has 0 spiro atoms. The highest BCUT2D eigenvalue weighted by Gasteiger charge is 2.29. The maximum Gasteiger partial charge on any atom is 0.136 e. The summed E-state index contributed by atoms with van der Waals surface area (Å²) in [6, 6.07) is 10.4. The van der Waals surface area contributed by atoms with Gasteiger partial charge in [-0.15, -0.1) is 0 Å². The van der Waals surface area contributed by atoms with Crippen molar-refractivity contribution in [1.29, 1.82) is 0 Å². The topological polar surface area (TPSA) is 12.5 Å². The molecule has 0 bridgehead atoms. The molecule has 1 fully saturated rings. The quantitative estimate of drug-likeness (QED) is 0.699. The van der Waals surface area contributed by atoms with Crippen LogP contribution in [0.15, 0.2) is 30.3 Å². The Balaban J connectivity index is 2.16. The molecule has 3 atom stereocenters. The van der Waals surface area contributed by atoms with Gasteiger partial charge in [-0.1, -0.05) is 37.3 Å². The van der Waals surface area contributed by atoms with Gasteiger partial charge in [0.05, 0.1) is 6.10 Å². The van der Waals surface area contributed by atoms with E-state index in [1.165, 1.54) is 5.56 Å². The van der Waals surface area contributed by atoms with E-state index >= 15 is 0 Å². The highest BCUT2D eigenvalue weighted by molar-refractivity contribution is 5.17. The van der Waals surface area contributed by atoms with E-state index in [4.69, 9.17) is 4.74 Å². The molecule has 2 heteroatoms. The molecular weight excluding hydrogens is 186 g/mol. The molecule has 0 saturated carbocycles. The highest BCUT2D eigenvalue weighted by Crippen LogP contribution is 2.29. The lowest BCUT2D eigenvalue weighted by atomic mass is 10.0. The van der Waals surface area contributed by atoms with Crippen LogP contribution in [0, 0.1) is 5.92 Å². The lowest BCUT2D eigenvalue weighted by Crippen LogP contribution is -2.42. The van der Waals surface area contributed by atoms with Gasteiger partial charge in [0, 0.05) is 6.54 Å². The third-order valence-electron chi connectivity index (χ3n) is 3.21. The first-order valence-corrected chi connectivity index (χ1v) is 5.59. The van der Waals surface area contributed by atoms with Gasteiger partial charge in [0.15, 0.2) is 0 Å². The minimum atomic E-state index is 0.123. The molecule has 0 unspecified atom stereocenters. The van der Waals surface area contributed by atoms with E-state index in [9.17, 15) is 0 Å². The molecule has 15 heavy (non-hydrogen) atoms. The second-order valence-corrected chi connectivity index (χ2v) is 4.52. The largest absolute Gasteiger partial charge is 0.356 e. The van der Waals surface area contributed by atoms with Gasteiger partial charge in [0.25, 0.3) is 0 Å². The Morgan fingerprint density at radius 1 is 1.20 bits per heavy atom. The lowest BCUT2D eigenvalue weighted by Gasteiger charge is -2.40. The van der Waals surface area contributed by atoms with Crippen LogP contribution in [0.25, 0.3) is 0 Å². The molecule has 0 aliphatic carbocycles. The average molecular weight is 205 g/mol. The third kappa shape index (κ3) is 2.21. The number of nitrogens with zero attached hydrogens (tertiary/aromatic N) is 1. The van der Waals surface area contributed by atoms with Crippen molar-refractivity contribution >= 4 is 0 Å². The Bertz CT molecular complexity index is 312. The van der Waals surface area contributed by atoms with Crippen molar-refractivity contribution in [2.45, 2.75) is 26.2 Å². The summed E-state index contributed by atoms with van der Waals surface area (Å²) in [5.74, 6) is 0.606. The van der Waals surface area contributed by atoms with Crippen LogP contribution in [0.5, 0.6) is 0 Å². The van der Waals surface area contributed by atoms with Crippen molar-refractivity contribution in [3.63, 3.8) is 0 Å². The maximum atomic E-state index is 6.02. The van der Waals surface area contributed by atoms with Crippen LogP contribution in [-0.2, 0) is 4.74 Å². The van der Waals surface area contributed by atoms with Crippen molar-refractivity contribution < 1.29 is 4.74 Å². The second-order valence-electron chi connectivity index (χ2n) is 4.52. The minimum absolute atomic E-state index is 0.123. The highest BCUT2D eigenvalue weighted by atomic mass is 16.5. The Labute approximate surface area is 91.9 Å². The zero-order chi connectivity index (χ0) is 10.8. The maximum absolute atomic E-state index is 6.02. The predicted molar refractivity (Wildman–Crippen MR) is 61.5 cm³/mol. The van der Waals surface area contributed by atoms with Crippen LogP contribution in [0.2, 0.25) is 0 Å². The second kappa shape index (κ2) is 4.33. The van der Waals surface area contributed by atoms with E-state index in [1.54, 1.807) is 0 Å². The van der Waals surface area contributed by atoms with E-state index < -0.39 is 0 Å².